The molecule has 1 amide bonds. The van der Waals surface area contributed by atoms with Gasteiger partial charge in [0.25, 0.3) is 0 Å². The Morgan fingerprint density at radius 1 is 1.10 bits per heavy atom. The molecule has 114 valence electrons. The fraction of sp³-hybridized carbons (Fsp3) is 0.500. The van der Waals surface area contributed by atoms with Crippen LogP contribution in [0.5, 0.6) is 0 Å². The van der Waals surface area contributed by atoms with Gasteiger partial charge in [-0.1, -0.05) is 23.2 Å². The quantitative estimate of drug-likeness (QED) is 0.847. The van der Waals surface area contributed by atoms with Crippen molar-refractivity contribution < 1.29 is 14.1 Å². The Morgan fingerprint density at radius 2 is 1.52 bits per heavy atom. The molecular weight excluding hydrogens is 312 g/mol. The van der Waals surface area contributed by atoms with Gasteiger partial charge >= 0.3 is 7.12 Å². The largest absolute Gasteiger partial charge is 0.494 e. The molecule has 1 heterocycles. The summed E-state index contributed by atoms with van der Waals surface area (Å²) in [5.41, 5.74) is 0.240. The number of carbonyl (C=O) groups excluding carboxylic acids is 1. The SMILES string of the molecule is CC(=O)Nc1c(Cl)cc(B2OC(C)(C)C(C)(C)O2)cc1Cl. The van der Waals surface area contributed by atoms with Crippen molar-refractivity contribution in [2.24, 2.45) is 0 Å². The Morgan fingerprint density at radius 3 is 1.90 bits per heavy atom. The molecule has 1 aromatic carbocycles. The smallest absolute Gasteiger partial charge is 0.399 e. The maximum atomic E-state index is 11.2. The Kier molecular flexibility index (Phi) is 4.33. The van der Waals surface area contributed by atoms with E-state index in [2.05, 4.69) is 5.32 Å². The van der Waals surface area contributed by atoms with Gasteiger partial charge in [-0.15, -0.1) is 0 Å². The summed E-state index contributed by atoms with van der Waals surface area (Å²) in [4.78, 5) is 11.2. The highest BCUT2D eigenvalue weighted by molar-refractivity contribution is 6.63. The fourth-order valence-electron chi connectivity index (χ4n) is 2.00. The molecule has 1 aliphatic heterocycles. The molecule has 1 N–H and O–H groups in total. The van der Waals surface area contributed by atoms with E-state index in [1.165, 1.54) is 6.92 Å². The number of rotatable bonds is 2. The van der Waals surface area contributed by atoms with Crippen molar-refractivity contribution in [2.75, 3.05) is 5.32 Å². The van der Waals surface area contributed by atoms with Gasteiger partial charge in [0.1, 0.15) is 0 Å². The number of hydrogen-bond acceptors (Lipinski definition) is 3. The van der Waals surface area contributed by atoms with E-state index in [-0.39, 0.29) is 5.91 Å². The van der Waals surface area contributed by atoms with Crippen molar-refractivity contribution in [1.29, 1.82) is 0 Å². The van der Waals surface area contributed by atoms with E-state index < -0.39 is 18.3 Å². The van der Waals surface area contributed by atoms with E-state index in [0.717, 1.165) is 5.46 Å². The second-order valence-corrected chi connectivity index (χ2v) is 6.94. The minimum Gasteiger partial charge on any atom is -0.399 e. The molecule has 0 bridgehead atoms. The highest BCUT2D eigenvalue weighted by Crippen LogP contribution is 2.37. The van der Waals surface area contributed by atoms with Crippen LogP contribution in [0.3, 0.4) is 0 Å². The molecule has 2 rings (SSSR count). The van der Waals surface area contributed by atoms with E-state index in [0.29, 0.717) is 15.7 Å². The predicted octanol–water partition coefficient (Wildman–Crippen LogP) is 3.25. The van der Waals surface area contributed by atoms with Gasteiger partial charge in [-0.2, -0.15) is 0 Å². The van der Waals surface area contributed by atoms with Crippen LogP contribution in [0.2, 0.25) is 10.0 Å². The molecular formula is C14H18BCl2NO3. The average molecular weight is 330 g/mol. The maximum absolute atomic E-state index is 11.2. The number of anilines is 1. The second-order valence-electron chi connectivity index (χ2n) is 6.13. The molecule has 0 unspecified atom stereocenters. The van der Waals surface area contributed by atoms with Crippen LogP contribution in [0.15, 0.2) is 12.1 Å². The Bertz CT molecular complexity index is 551. The molecule has 1 aliphatic rings. The van der Waals surface area contributed by atoms with Gasteiger partial charge in [0.15, 0.2) is 0 Å². The van der Waals surface area contributed by atoms with E-state index in [4.69, 9.17) is 32.5 Å². The molecule has 0 radical (unpaired) electrons. The lowest BCUT2D eigenvalue weighted by Gasteiger charge is -2.32. The summed E-state index contributed by atoms with van der Waals surface area (Å²) in [5.74, 6) is -0.234. The summed E-state index contributed by atoms with van der Waals surface area (Å²) in [6.07, 6.45) is 0. The van der Waals surface area contributed by atoms with Gasteiger partial charge in [-0.25, -0.2) is 0 Å². The summed E-state index contributed by atoms with van der Waals surface area (Å²) in [6.45, 7) is 9.29. The van der Waals surface area contributed by atoms with Crippen LogP contribution in [0.25, 0.3) is 0 Å². The lowest BCUT2D eigenvalue weighted by Crippen LogP contribution is -2.41. The van der Waals surface area contributed by atoms with Crippen molar-refractivity contribution in [3.05, 3.63) is 22.2 Å². The third-order valence-corrected chi connectivity index (χ3v) is 4.49. The summed E-state index contributed by atoms with van der Waals surface area (Å²) >= 11 is 12.4. The standard InChI is InChI=1S/C14H18BCl2NO3/c1-8(19)18-12-10(16)6-9(7-11(12)17)15-20-13(2,3)14(4,5)21-15/h6-7H,1-5H3,(H,18,19). The first-order valence-electron chi connectivity index (χ1n) is 6.66. The summed E-state index contributed by atoms with van der Waals surface area (Å²) in [7, 11) is -0.545. The third-order valence-electron chi connectivity index (χ3n) is 3.89. The first-order valence-corrected chi connectivity index (χ1v) is 7.41. The van der Waals surface area contributed by atoms with Crippen molar-refractivity contribution in [3.63, 3.8) is 0 Å². The summed E-state index contributed by atoms with van der Waals surface area (Å²) in [5, 5.41) is 3.31. The first-order chi connectivity index (χ1) is 9.53. The van der Waals surface area contributed by atoms with Crippen LogP contribution in [0.1, 0.15) is 34.6 Å². The van der Waals surface area contributed by atoms with Crippen LogP contribution >= 0.6 is 23.2 Å². The monoisotopic (exact) mass is 329 g/mol. The Hall–Kier alpha value is -0.745. The predicted molar refractivity (Wildman–Crippen MR) is 86.5 cm³/mol. The van der Waals surface area contributed by atoms with Crippen molar-refractivity contribution in [1.82, 2.24) is 0 Å². The van der Waals surface area contributed by atoms with Gasteiger partial charge in [-0.05, 0) is 45.3 Å². The second kappa shape index (κ2) is 5.47. The molecule has 0 spiro atoms. The van der Waals surface area contributed by atoms with Crippen molar-refractivity contribution >= 4 is 47.4 Å². The maximum Gasteiger partial charge on any atom is 0.494 e. The van der Waals surface area contributed by atoms with E-state index >= 15 is 0 Å². The molecule has 4 nitrogen and oxygen atoms in total. The first kappa shape index (κ1) is 16.6. The number of halogens is 2. The zero-order valence-corrected chi connectivity index (χ0v) is 14.2. The average Bonchev–Trinajstić information content (AvgIpc) is 2.53. The van der Waals surface area contributed by atoms with Gasteiger partial charge < -0.3 is 14.6 Å². The van der Waals surface area contributed by atoms with Crippen LogP contribution < -0.4 is 10.8 Å². The number of amides is 1. The third kappa shape index (κ3) is 3.21. The van der Waals surface area contributed by atoms with Gasteiger partial charge in [-0.3, -0.25) is 4.79 Å². The Balaban J connectivity index is 2.33. The highest BCUT2D eigenvalue weighted by Gasteiger charge is 2.51. The molecule has 1 aromatic rings. The van der Waals surface area contributed by atoms with Crippen LogP contribution in [0.4, 0.5) is 5.69 Å². The lowest BCUT2D eigenvalue weighted by molar-refractivity contribution is -0.114. The number of nitrogens with one attached hydrogen (secondary N) is 1. The van der Waals surface area contributed by atoms with Crippen molar-refractivity contribution in [2.45, 2.75) is 45.8 Å². The number of carbonyl (C=O) groups is 1. The van der Waals surface area contributed by atoms with E-state index in [1.54, 1.807) is 12.1 Å². The molecule has 7 heteroatoms. The van der Waals surface area contributed by atoms with Gasteiger partial charge in [0, 0.05) is 6.92 Å². The zero-order valence-electron chi connectivity index (χ0n) is 12.7. The van der Waals surface area contributed by atoms with Crippen LogP contribution in [-0.2, 0) is 14.1 Å². The zero-order chi connectivity index (χ0) is 16.0. The van der Waals surface area contributed by atoms with Gasteiger partial charge in [0.2, 0.25) is 5.91 Å². The molecule has 0 aliphatic carbocycles. The lowest BCUT2D eigenvalue weighted by atomic mass is 9.79. The fourth-order valence-corrected chi connectivity index (χ4v) is 2.60. The normalized spacial score (nSPS) is 19.7. The molecule has 0 saturated carbocycles. The van der Waals surface area contributed by atoms with Gasteiger partial charge in [0.05, 0.1) is 26.9 Å². The molecule has 21 heavy (non-hydrogen) atoms. The molecule has 1 saturated heterocycles. The number of benzene rings is 1. The van der Waals surface area contributed by atoms with Crippen molar-refractivity contribution in [3.8, 4) is 0 Å². The highest BCUT2D eigenvalue weighted by atomic mass is 35.5. The summed E-state index contributed by atoms with van der Waals surface area (Å²) in [6, 6.07) is 3.39. The molecule has 1 fully saturated rings. The summed E-state index contributed by atoms with van der Waals surface area (Å²) < 4.78 is 11.9. The van der Waals surface area contributed by atoms with E-state index in [9.17, 15) is 4.79 Å². The topological polar surface area (TPSA) is 47.6 Å². The van der Waals surface area contributed by atoms with Crippen LogP contribution in [-0.4, -0.2) is 24.2 Å². The molecule has 0 aromatic heterocycles. The van der Waals surface area contributed by atoms with Crippen LogP contribution in [0, 0.1) is 0 Å². The minimum absolute atomic E-state index is 0.234. The minimum atomic E-state index is -0.545. The Labute approximate surface area is 135 Å². The number of hydrogen-bond donors (Lipinski definition) is 1. The molecule has 0 atom stereocenters. The van der Waals surface area contributed by atoms with E-state index in [1.807, 2.05) is 27.7 Å².